The van der Waals surface area contributed by atoms with Crippen molar-refractivity contribution in [2.45, 2.75) is 5.03 Å². The van der Waals surface area contributed by atoms with Gasteiger partial charge in [-0.25, -0.2) is 4.98 Å². The minimum atomic E-state index is -0.257. The Labute approximate surface area is 228 Å². The molecule has 5 aromatic rings. The lowest BCUT2D eigenvalue weighted by Crippen LogP contribution is -2.14. The second-order valence-corrected chi connectivity index (χ2v) is 10.00. The van der Waals surface area contributed by atoms with Crippen molar-refractivity contribution in [2.75, 3.05) is 18.2 Å². The van der Waals surface area contributed by atoms with Gasteiger partial charge in [0.2, 0.25) is 11.0 Å². The monoisotopic (exact) mass is 535 g/mol. The van der Waals surface area contributed by atoms with Crippen molar-refractivity contribution in [2.24, 2.45) is 0 Å². The number of pyridine rings is 1. The Hall–Kier alpha value is -4.52. The number of carbonyl (C=O) groups is 1. The number of nitrogens with zero attached hydrogens (tertiary/aromatic N) is 4. The molecule has 2 aromatic heterocycles. The number of hydrogen-bond donors (Lipinski definition) is 1. The number of ether oxygens (including phenoxy) is 1. The Morgan fingerprint density at radius 2 is 1.63 bits per heavy atom. The van der Waals surface area contributed by atoms with Gasteiger partial charge in [-0.2, -0.15) is 5.26 Å². The van der Waals surface area contributed by atoms with Gasteiger partial charge in [0.25, 0.3) is 0 Å². The van der Waals surface area contributed by atoms with Gasteiger partial charge in [0.15, 0.2) is 0 Å². The molecule has 5 rings (SSSR count). The van der Waals surface area contributed by atoms with E-state index >= 15 is 0 Å². The highest BCUT2D eigenvalue weighted by Gasteiger charge is 2.18. The zero-order valence-electron chi connectivity index (χ0n) is 20.3. The van der Waals surface area contributed by atoms with Gasteiger partial charge in [0.1, 0.15) is 21.9 Å². The standard InChI is InChI=1S/C29H21N5O2S2/c1-36-22-14-12-20(13-15-22)25-16-23(19-8-4-2-5-9-19)24(17-30)28(31-25)37-18-26(35)32-29-34-33-27(38-29)21-10-6-3-7-11-21/h2-16H,18H2,1H3,(H,32,34,35). The molecule has 0 fully saturated rings. The maximum atomic E-state index is 12.8. The quantitative estimate of drug-likeness (QED) is 0.225. The fraction of sp³-hybridized carbons (Fsp3) is 0.0690. The van der Waals surface area contributed by atoms with E-state index in [4.69, 9.17) is 9.72 Å². The van der Waals surface area contributed by atoms with E-state index in [1.807, 2.05) is 91.0 Å². The first-order chi connectivity index (χ1) is 18.6. The van der Waals surface area contributed by atoms with Gasteiger partial charge in [-0.1, -0.05) is 83.8 Å². The molecular formula is C29H21N5O2S2. The molecule has 186 valence electrons. The van der Waals surface area contributed by atoms with Gasteiger partial charge in [-0.15, -0.1) is 10.2 Å². The molecule has 0 saturated carbocycles. The number of nitrogens with one attached hydrogen (secondary N) is 1. The number of benzene rings is 3. The maximum absolute atomic E-state index is 12.8. The number of anilines is 1. The molecule has 1 amide bonds. The molecule has 0 spiro atoms. The summed E-state index contributed by atoms with van der Waals surface area (Å²) in [6.07, 6.45) is 0. The molecule has 9 heteroatoms. The molecule has 3 aromatic carbocycles. The largest absolute Gasteiger partial charge is 0.497 e. The number of carbonyl (C=O) groups excluding carboxylic acids is 1. The third-order valence-corrected chi connectivity index (χ3v) is 7.46. The highest BCUT2D eigenvalue weighted by atomic mass is 32.2. The molecule has 0 saturated heterocycles. The molecule has 0 bridgehead atoms. The molecule has 2 heterocycles. The van der Waals surface area contributed by atoms with Crippen LogP contribution in [0.5, 0.6) is 5.75 Å². The van der Waals surface area contributed by atoms with Crippen LogP contribution in [0.15, 0.2) is 96.0 Å². The molecular weight excluding hydrogens is 514 g/mol. The first-order valence-electron chi connectivity index (χ1n) is 11.6. The van der Waals surface area contributed by atoms with Gasteiger partial charge in [-0.05, 0) is 35.9 Å². The van der Waals surface area contributed by atoms with Crippen LogP contribution in [0.2, 0.25) is 0 Å². The summed E-state index contributed by atoms with van der Waals surface area (Å²) in [6.45, 7) is 0. The minimum Gasteiger partial charge on any atom is -0.497 e. The molecule has 0 atom stereocenters. The van der Waals surface area contributed by atoms with Crippen molar-refractivity contribution >= 4 is 34.1 Å². The summed E-state index contributed by atoms with van der Waals surface area (Å²) in [5.41, 5.74) is 4.59. The lowest BCUT2D eigenvalue weighted by atomic mass is 9.99. The number of hydrogen-bond acceptors (Lipinski definition) is 8. The van der Waals surface area contributed by atoms with Crippen LogP contribution in [-0.4, -0.2) is 34.0 Å². The van der Waals surface area contributed by atoms with Crippen molar-refractivity contribution in [3.8, 4) is 44.8 Å². The second kappa shape index (κ2) is 11.7. The first kappa shape index (κ1) is 25.1. The van der Waals surface area contributed by atoms with E-state index < -0.39 is 0 Å². The van der Waals surface area contributed by atoms with Crippen LogP contribution in [0.3, 0.4) is 0 Å². The number of thioether (sulfide) groups is 1. The average molecular weight is 536 g/mol. The van der Waals surface area contributed by atoms with E-state index in [9.17, 15) is 10.1 Å². The zero-order chi connectivity index (χ0) is 26.3. The molecule has 0 radical (unpaired) electrons. The zero-order valence-corrected chi connectivity index (χ0v) is 21.9. The van der Waals surface area contributed by atoms with Crippen LogP contribution in [0.1, 0.15) is 5.56 Å². The summed E-state index contributed by atoms with van der Waals surface area (Å²) in [5.74, 6) is 0.541. The summed E-state index contributed by atoms with van der Waals surface area (Å²) in [4.78, 5) is 17.6. The Balaban J connectivity index is 1.40. The summed E-state index contributed by atoms with van der Waals surface area (Å²) in [6, 6.07) is 31.1. The lowest BCUT2D eigenvalue weighted by Gasteiger charge is -2.13. The Morgan fingerprint density at radius 3 is 2.29 bits per heavy atom. The third-order valence-electron chi connectivity index (χ3n) is 5.60. The fourth-order valence-corrected chi connectivity index (χ4v) is 5.32. The van der Waals surface area contributed by atoms with Crippen LogP contribution in [0.25, 0.3) is 33.0 Å². The smallest absolute Gasteiger partial charge is 0.236 e. The van der Waals surface area contributed by atoms with Crippen molar-refractivity contribution < 1.29 is 9.53 Å². The van der Waals surface area contributed by atoms with E-state index in [0.717, 1.165) is 33.0 Å². The lowest BCUT2D eigenvalue weighted by molar-refractivity contribution is -0.113. The molecule has 0 unspecified atom stereocenters. The number of aromatic nitrogens is 3. The summed E-state index contributed by atoms with van der Waals surface area (Å²) >= 11 is 2.52. The predicted octanol–water partition coefficient (Wildman–Crippen LogP) is 6.55. The van der Waals surface area contributed by atoms with E-state index in [-0.39, 0.29) is 11.7 Å². The van der Waals surface area contributed by atoms with Crippen molar-refractivity contribution in [1.82, 2.24) is 15.2 Å². The highest BCUT2D eigenvalue weighted by molar-refractivity contribution is 8.00. The van der Waals surface area contributed by atoms with Crippen molar-refractivity contribution in [3.05, 3.63) is 96.6 Å². The van der Waals surface area contributed by atoms with Gasteiger partial charge in [0.05, 0.1) is 24.1 Å². The molecule has 7 nitrogen and oxygen atoms in total. The van der Waals surface area contributed by atoms with Crippen LogP contribution in [0, 0.1) is 11.3 Å². The van der Waals surface area contributed by atoms with Crippen LogP contribution in [0.4, 0.5) is 5.13 Å². The van der Waals surface area contributed by atoms with E-state index in [1.54, 1.807) is 7.11 Å². The number of nitriles is 1. The summed E-state index contributed by atoms with van der Waals surface area (Å²) in [5, 5.41) is 22.8. The summed E-state index contributed by atoms with van der Waals surface area (Å²) < 4.78 is 5.28. The van der Waals surface area contributed by atoms with Crippen LogP contribution >= 0.6 is 23.1 Å². The molecule has 0 aliphatic carbocycles. The first-order valence-corrected chi connectivity index (χ1v) is 13.4. The van der Waals surface area contributed by atoms with Crippen LogP contribution in [-0.2, 0) is 4.79 Å². The molecule has 0 aliphatic rings. The van der Waals surface area contributed by atoms with Crippen molar-refractivity contribution in [3.63, 3.8) is 0 Å². The SMILES string of the molecule is COc1ccc(-c2cc(-c3ccccc3)c(C#N)c(SCC(=O)Nc3nnc(-c4ccccc4)s3)n2)cc1. The molecule has 1 N–H and O–H groups in total. The maximum Gasteiger partial charge on any atom is 0.236 e. The van der Waals surface area contributed by atoms with E-state index in [0.29, 0.717) is 21.4 Å². The Bertz CT molecular complexity index is 1600. The summed E-state index contributed by atoms with van der Waals surface area (Å²) in [7, 11) is 1.62. The molecule has 0 aliphatic heterocycles. The van der Waals surface area contributed by atoms with Gasteiger partial charge in [-0.3, -0.25) is 10.1 Å². The normalized spacial score (nSPS) is 10.5. The highest BCUT2D eigenvalue weighted by Crippen LogP contribution is 2.35. The van der Waals surface area contributed by atoms with Gasteiger partial charge >= 0.3 is 0 Å². The van der Waals surface area contributed by atoms with Gasteiger partial charge in [0, 0.05) is 16.7 Å². The third kappa shape index (κ3) is 5.72. The Morgan fingerprint density at radius 1 is 0.947 bits per heavy atom. The number of amides is 1. The number of rotatable bonds is 8. The topological polar surface area (TPSA) is 101 Å². The van der Waals surface area contributed by atoms with Crippen molar-refractivity contribution in [1.29, 1.82) is 5.26 Å². The number of methoxy groups -OCH3 is 1. The average Bonchev–Trinajstić information content (AvgIpc) is 3.45. The van der Waals surface area contributed by atoms with Crippen LogP contribution < -0.4 is 10.1 Å². The minimum absolute atomic E-state index is 0.0578. The van der Waals surface area contributed by atoms with E-state index in [2.05, 4.69) is 21.6 Å². The van der Waals surface area contributed by atoms with Gasteiger partial charge < -0.3 is 4.74 Å². The van der Waals surface area contributed by atoms with E-state index in [1.165, 1.54) is 23.1 Å². The second-order valence-electron chi connectivity index (χ2n) is 8.06. The fourth-order valence-electron chi connectivity index (χ4n) is 3.75. The Kier molecular flexibility index (Phi) is 7.73. The molecule has 38 heavy (non-hydrogen) atoms. The predicted molar refractivity (Wildman–Crippen MR) is 151 cm³/mol.